The van der Waals surface area contributed by atoms with E-state index in [-0.39, 0.29) is 24.8 Å². The molecule has 0 aliphatic heterocycles. The van der Waals surface area contributed by atoms with Gasteiger partial charge in [-0.2, -0.15) is 0 Å². The van der Waals surface area contributed by atoms with Crippen LogP contribution in [0.3, 0.4) is 0 Å². The molecule has 0 fully saturated rings. The van der Waals surface area contributed by atoms with E-state index in [9.17, 15) is 0 Å². The van der Waals surface area contributed by atoms with E-state index in [1.807, 2.05) is 0 Å². The van der Waals surface area contributed by atoms with Crippen LogP contribution in [0.1, 0.15) is 35.0 Å². The summed E-state index contributed by atoms with van der Waals surface area (Å²) in [6.45, 7) is 17.7. The molecule has 2 aromatic rings. The molecule has 2 aliphatic carbocycles. The maximum atomic E-state index is 6.23. The van der Waals surface area contributed by atoms with Crippen molar-refractivity contribution in [2.75, 3.05) is 6.61 Å². The first-order valence-corrected chi connectivity index (χ1v) is 22.5. The zero-order valence-corrected chi connectivity index (χ0v) is 27.6. The van der Waals surface area contributed by atoms with Gasteiger partial charge in [0, 0.05) is 0 Å². The van der Waals surface area contributed by atoms with Gasteiger partial charge in [-0.15, -0.1) is 0 Å². The molecule has 2 aliphatic rings. The molecular formula is C28H38Cl2OSi2Zr. The number of fused-ring (bicyclic) bond motifs is 3. The normalized spacial score (nSPS) is 14.6. The van der Waals surface area contributed by atoms with E-state index in [0.29, 0.717) is 3.63 Å². The summed E-state index contributed by atoms with van der Waals surface area (Å²) in [7, 11) is -2.91. The Morgan fingerprint density at radius 2 is 1.41 bits per heavy atom. The van der Waals surface area contributed by atoms with Crippen LogP contribution in [0.15, 0.2) is 69.2 Å². The maximum absolute atomic E-state index is 6.23. The number of rotatable bonds is 7. The molecule has 0 unspecified atom stereocenters. The van der Waals surface area contributed by atoms with Gasteiger partial charge in [0.05, 0.1) is 0 Å². The van der Waals surface area contributed by atoms with Gasteiger partial charge in [-0.05, 0) is 0 Å². The number of halogens is 2. The monoisotopic (exact) mass is 606 g/mol. The van der Waals surface area contributed by atoms with Gasteiger partial charge >= 0.3 is 206 Å². The van der Waals surface area contributed by atoms with Crippen molar-refractivity contribution in [3.05, 3.63) is 80.3 Å². The van der Waals surface area contributed by atoms with E-state index >= 15 is 0 Å². The summed E-state index contributed by atoms with van der Waals surface area (Å²) in [6, 6.07) is 19.6. The Morgan fingerprint density at radius 3 is 1.91 bits per heavy atom. The van der Waals surface area contributed by atoms with Crippen molar-refractivity contribution < 1.29 is 50.5 Å². The molecule has 2 aromatic carbocycles. The zero-order chi connectivity index (χ0) is 23.1. The third-order valence-corrected chi connectivity index (χ3v) is 19.5. The first-order valence-electron chi connectivity index (χ1n) is 12.0. The van der Waals surface area contributed by atoms with Crippen molar-refractivity contribution in [3.8, 4) is 11.1 Å². The summed E-state index contributed by atoms with van der Waals surface area (Å²) >= 11 is -2.07. The van der Waals surface area contributed by atoms with Crippen molar-refractivity contribution in [3.63, 3.8) is 0 Å². The van der Waals surface area contributed by atoms with Crippen LogP contribution in [0.25, 0.3) is 11.1 Å². The standard InChI is InChI=1S/C13H9.C12H23OSi2.C3H6.2ClH.Zr/c1-3-7-12-10(5-1)9-11-6-2-4-8-13(11)12;1-14(2,3)13-10-11-15(4,5)12-8-6-7-9-12;1-3-2;;;/h1-9H;8-9H,6,10-11H2,1-5H3;1-2H3;2*1H;/q;;;;;+2/p-2. The quantitative estimate of drug-likeness (QED) is 0.437. The molecule has 0 heterocycles. The van der Waals surface area contributed by atoms with E-state index < -0.39 is 37.7 Å². The molecule has 0 amide bonds. The van der Waals surface area contributed by atoms with Gasteiger partial charge in [-0.1, -0.05) is 0 Å². The predicted octanol–water partition coefficient (Wildman–Crippen LogP) is 1.91. The Balaban J connectivity index is 0.00000204. The fraction of sp³-hybridized carbons (Fsp3) is 0.393. The third kappa shape index (κ3) is 6.31. The number of hydrogen-bond acceptors (Lipinski definition) is 1. The Bertz CT molecular complexity index is 1080. The summed E-state index contributed by atoms with van der Waals surface area (Å²) in [6.07, 6.45) is 6.44. The van der Waals surface area contributed by atoms with Crippen LogP contribution in [0.5, 0.6) is 0 Å². The van der Waals surface area contributed by atoms with Gasteiger partial charge in [0.25, 0.3) is 0 Å². The van der Waals surface area contributed by atoms with Crippen LogP contribution in [0.4, 0.5) is 0 Å². The summed E-state index contributed by atoms with van der Waals surface area (Å²) in [5.41, 5.74) is 6.10. The molecule has 6 heteroatoms. The van der Waals surface area contributed by atoms with Crippen LogP contribution in [-0.2, 0) is 25.7 Å². The molecule has 1 nitrogen and oxygen atoms in total. The van der Waals surface area contributed by atoms with Crippen LogP contribution < -0.4 is 24.8 Å². The molecule has 0 saturated carbocycles. The van der Waals surface area contributed by atoms with Crippen LogP contribution in [0.2, 0.25) is 38.8 Å². The van der Waals surface area contributed by atoms with Crippen molar-refractivity contribution in [1.29, 1.82) is 0 Å². The fourth-order valence-corrected chi connectivity index (χ4v) is 16.8. The molecule has 0 radical (unpaired) electrons. The van der Waals surface area contributed by atoms with E-state index in [1.165, 1.54) is 23.6 Å². The minimum atomic E-state index is -2.07. The van der Waals surface area contributed by atoms with E-state index in [1.54, 1.807) is 22.8 Å². The summed E-state index contributed by atoms with van der Waals surface area (Å²) < 4.78 is 10.4. The summed E-state index contributed by atoms with van der Waals surface area (Å²) in [4.78, 5) is 0. The van der Waals surface area contributed by atoms with Gasteiger partial charge in [-0.3, -0.25) is 0 Å². The fourth-order valence-electron chi connectivity index (χ4n) is 5.20. The minimum absolute atomic E-state index is 0. The van der Waals surface area contributed by atoms with E-state index in [0.717, 1.165) is 6.61 Å². The molecule has 0 N–H and O–H groups in total. The molecule has 0 aromatic heterocycles. The Morgan fingerprint density at radius 1 is 0.882 bits per heavy atom. The molecular weight excluding hydrogens is 571 g/mol. The molecule has 4 rings (SSSR count). The second kappa shape index (κ2) is 11.8. The average Bonchev–Trinajstić information content (AvgIpc) is 3.32. The van der Waals surface area contributed by atoms with Crippen molar-refractivity contribution in [1.82, 2.24) is 0 Å². The van der Waals surface area contributed by atoms with Gasteiger partial charge < -0.3 is 24.8 Å². The molecule has 0 saturated heterocycles. The van der Waals surface area contributed by atoms with Gasteiger partial charge in [0.15, 0.2) is 0 Å². The Labute approximate surface area is 229 Å². The largest absolute Gasteiger partial charge is 1.00 e. The predicted molar refractivity (Wildman–Crippen MR) is 142 cm³/mol. The van der Waals surface area contributed by atoms with E-state index in [2.05, 4.69) is 107 Å². The number of benzene rings is 2. The van der Waals surface area contributed by atoms with Gasteiger partial charge in [0.1, 0.15) is 0 Å². The first kappa shape index (κ1) is 29.9. The van der Waals surface area contributed by atoms with Crippen LogP contribution in [0, 0.1) is 0 Å². The molecule has 34 heavy (non-hydrogen) atoms. The number of allylic oxidation sites excluding steroid dienone is 4. The van der Waals surface area contributed by atoms with Crippen molar-refractivity contribution in [2.24, 2.45) is 0 Å². The van der Waals surface area contributed by atoms with Crippen LogP contribution in [-0.4, -0.2) is 26.2 Å². The van der Waals surface area contributed by atoms with Crippen LogP contribution >= 0.6 is 0 Å². The smallest absolute Gasteiger partial charge is 1.00 e. The van der Waals surface area contributed by atoms with E-state index in [4.69, 9.17) is 4.43 Å². The van der Waals surface area contributed by atoms with Gasteiger partial charge in [0.2, 0.25) is 0 Å². The summed E-state index contributed by atoms with van der Waals surface area (Å²) in [5, 5.41) is 1.67. The Hall–Kier alpha value is -0.353. The minimum Gasteiger partial charge on any atom is -1.00 e. The zero-order valence-electron chi connectivity index (χ0n) is 21.6. The molecule has 0 atom stereocenters. The first-order chi connectivity index (χ1) is 15.1. The SMILES string of the molecule is C[C](C)=[Zr+2]([C]1=CC([Si](C)(C)CCO[Si](C)(C)C)=CC1)[CH]1c2ccccc2-c2ccccc21.[Cl-].[Cl-]. The second-order valence-corrected chi connectivity index (χ2v) is 28.0. The van der Waals surface area contributed by atoms with Crippen molar-refractivity contribution >= 4 is 19.6 Å². The van der Waals surface area contributed by atoms with Gasteiger partial charge in [-0.25, -0.2) is 0 Å². The van der Waals surface area contributed by atoms with Crippen molar-refractivity contribution in [2.45, 2.75) is 62.7 Å². The third-order valence-electron chi connectivity index (χ3n) is 6.92. The molecule has 0 bridgehead atoms. The molecule has 182 valence electrons. The Kier molecular flexibility index (Phi) is 10.4. The number of hydrogen-bond donors (Lipinski definition) is 0. The molecule has 0 spiro atoms. The average molecular weight is 609 g/mol. The maximum Gasteiger partial charge on any atom is -1.00 e. The topological polar surface area (TPSA) is 9.23 Å². The summed E-state index contributed by atoms with van der Waals surface area (Å²) in [5.74, 6) is 0. The second-order valence-electron chi connectivity index (χ2n) is 11.1.